The normalized spacial score (nSPS) is 19.8. The number of benzene rings is 1. The van der Waals surface area contributed by atoms with Crippen LogP contribution in [0.3, 0.4) is 0 Å². The van der Waals surface area contributed by atoms with Crippen LogP contribution in [0, 0.1) is 0 Å². The molecule has 1 aromatic rings. The van der Waals surface area contributed by atoms with E-state index in [1.165, 1.54) is 11.1 Å². The Kier molecular flexibility index (Phi) is 5.79. The van der Waals surface area contributed by atoms with Gasteiger partial charge >= 0.3 is 0 Å². The molecule has 0 radical (unpaired) electrons. The first kappa shape index (κ1) is 14.5. The van der Waals surface area contributed by atoms with Crippen molar-refractivity contribution in [1.29, 1.82) is 0 Å². The summed E-state index contributed by atoms with van der Waals surface area (Å²) in [6.07, 6.45) is 0.299. The molecule has 0 saturated carbocycles. The third kappa shape index (κ3) is 4.58. The van der Waals surface area contributed by atoms with Crippen LogP contribution in [0.25, 0.3) is 0 Å². The molecule has 0 amide bonds. The third-order valence-electron chi connectivity index (χ3n) is 3.38. The summed E-state index contributed by atoms with van der Waals surface area (Å²) in [4.78, 5) is 2.31. The van der Waals surface area contributed by atoms with E-state index < -0.39 is 0 Å². The van der Waals surface area contributed by atoms with Crippen LogP contribution >= 0.6 is 0 Å². The molecule has 1 unspecified atom stereocenters. The summed E-state index contributed by atoms with van der Waals surface area (Å²) in [7, 11) is 3.88. The van der Waals surface area contributed by atoms with Crippen LogP contribution in [0.4, 0.5) is 0 Å². The second kappa shape index (κ2) is 7.60. The number of hydrogen-bond acceptors (Lipinski definition) is 4. The molecule has 19 heavy (non-hydrogen) atoms. The predicted octanol–water partition coefficient (Wildman–Crippen LogP) is 1.25. The van der Waals surface area contributed by atoms with Gasteiger partial charge in [0.15, 0.2) is 0 Å². The Bertz CT molecular complexity index is 378. The standard InChI is InChI=1S/C15H24N2O2/c1-17(11-15-9-16-7-8-19-15)10-13-5-3-4-6-14(13)12-18-2/h3-6,15-16H,7-12H2,1-2H3. The van der Waals surface area contributed by atoms with Gasteiger partial charge in [0.05, 0.1) is 19.3 Å². The zero-order valence-corrected chi connectivity index (χ0v) is 11.9. The van der Waals surface area contributed by atoms with Crippen molar-refractivity contribution in [2.24, 2.45) is 0 Å². The fourth-order valence-corrected chi connectivity index (χ4v) is 2.45. The van der Waals surface area contributed by atoms with Gasteiger partial charge in [-0.1, -0.05) is 24.3 Å². The number of morpholine rings is 1. The molecule has 1 N–H and O–H groups in total. The second-order valence-corrected chi connectivity index (χ2v) is 5.10. The van der Waals surface area contributed by atoms with Crippen LogP contribution in [0.15, 0.2) is 24.3 Å². The maximum Gasteiger partial charge on any atom is 0.0826 e. The maximum absolute atomic E-state index is 5.74. The molecule has 1 aromatic carbocycles. The molecule has 1 aliphatic rings. The van der Waals surface area contributed by atoms with E-state index in [1.54, 1.807) is 7.11 Å². The van der Waals surface area contributed by atoms with Gasteiger partial charge in [-0.25, -0.2) is 0 Å². The van der Waals surface area contributed by atoms with Gasteiger partial charge in [0, 0.05) is 33.3 Å². The lowest BCUT2D eigenvalue weighted by molar-refractivity contribution is 0.00875. The zero-order valence-electron chi connectivity index (χ0n) is 11.9. The fourth-order valence-electron chi connectivity index (χ4n) is 2.45. The van der Waals surface area contributed by atoms with Crippen LogP contribution in [-0.4, -0.2) is 51.4 Å². The molecule has 4 heteroatoms. The van der Waals surface area contributed by atoms with Crippen LogP contribution in [0.5, 0.6) is 0 Å². The van der Waals surface area contributed by atoms with Crippen LogP contribution < -0.4 is 5.32 Å². The van der Waals surface area contributed by atoms with E-state index in [9.17, 15) is 0 Å². The van der Waals surface area contributed by atoms with Crippen molar-refractivity contribution >= 4 is 0 Å². The highest BCUT2D eigenvalue weighted by Gasteiger charge is 2.16. The third-order valence-corrected chi connectivity index (χ3v) is 3.38. The van der Waals surface area contributed by atoms with Gasteiger partial charge < -0.3 is 14.8 Å². The Morgan fingerprint density at radius 3 is 2.84 bits per heavy atom. The molecule has 0 spiro atoms. The Labute approximate surface area is 115 Å². The monoisotopic (exact) mass is 264 g/mol. The minimum atomic E-state index is 0.299. The van der Waals surface area contributed by atoms with E-state index in [-0.39, 0.29) is 0 Å². The molecule has 0 bridgehead atoms. The van der Waals surface area contributed by atoms with Crippen molar-refractivity contribution in [2.45, 2.75) is 19.3 Å². The predicted molar refractivity (Wildman–Crippen MR) is 76.1 cm³/mol. The largest absolute Gasteiger partial charge is 0.380 e. The molecule has 1 saturated heterocycles. The Morgan fingerprint density at radius 1 is 1.37 bits per heavy atom. The van der Waals surface area contributed by atoms with Gasteiger partial charge in [-0.3, -0.25) is 4.90 Å². The van der Waals surface area contributed by atoms with E-state index in [0.29, 0.717) is 12.7 Å². The van der Waals surface area contributed by atoms with Crippen LogP contribution in [0.2, 0.25) is 0 Å². The summed E-state index contributed by atoms with van der Waals surface area (Å²) < 4.78 is 11.0. The molecule has 4 nitrogen and oxygen atoms in total. The lowest BCUT2D eigenvalue weighted by atomic mass is 10.1. The van der Waals surface area contributed by atoms with E-state index in [0.717, 1.165) is 32.8 Å². The number of ether oxygens (including phenoxy) is 2. The highest BCUT2D eigenvalue weighted by molar-refractivity contribution is 5.26. The summed E-state index contributed by atoms with van der Waals surface area (Å²) >= 11 is 0. The van der Waals surface area contributed by atoms with Gasteiger partial charge in [-0.15, -0.1) is 0 Å². The number of hydrogen-bond donors (Lipinski definition) is 1. The molecular formula is C15H24N2O2. The molecule has 2 rings (SSSR count). The topological polar surface area (TPSA) is 33.7 Å². The molecule has 0 aliphatic carbocycles. The SMILES string of the molecule is COCc1ccccc1CN(C)CC1CNCCO1. The average molecular weight is 264 g/mol. The highest BCUT2D eigenvalue weighted by Crippen LogP contribution is 2.12. The molecule has 1 fully saturated rings. The summed E-state index contributed by atoms with van der Waals surface area (Å²) in [6.45, 7) is 5.29. The van der Waals surface area contributed by atoms with E-state index in [1.807, 2.05) is 0 Å². The van der Waals surface area contributed by atoms with Gasteiger partial charge in [-0.05, 0) is 18.2 Å². The summed E-state index contributed by atoms with van der Waals surface area (Å²) in [5.74, 6) is 0. The lowest BCUT2D eigenvalue weighted by Gasteiger charge is -2.28. The Balaban J connectivity index is 1.88. The van der Waals surface area contributed by atoms with E-state index in [2.05, 4.69) is 41.5 Å². The van der Waals surface area contributed by atoms with Gasteiger partial charge in [0.2, 0.25) is 0 Å². The average Bonchev–Trinajstić information content (AvgIpc) is 2.42. The first-order valence-electron chi connectivity index (χ1n) is 6.86. The summed E-state index contributed by atoms with van der Waals surface area (Å²) in [5, 5.41) is 3.36. The van der Waals surface area contributed by atoms with Crippen LogP contribution in [0.1, 0.15) is 11.1 Å². The summed E-state index contributed by atoms with van der Waals surface area (Å²) in [5.41, 5.74) is 2.59. The molecule has 1 heterocycles. The quantitative estimate of drug-likeness (QED) is 0.838. The Hall–Kier alpha value is -0.940. The Morgan fingerprint density at radius 2 is 2.16 bits per heavy atom. The van der Waals surface area contributed by atoms with Gasteiger partial charge in [0.25, 0.3) is 0 Å². The first-order valence-corrected chi connectivity index (χ1v) is 6.86. The second-order valence-electron chi connectivity index (χ2n) is 5.10. The molecular weight excluding hydrogens is 240 g/mol. The van der Waals surface area contributed by atoms with Crippen molar-refractivity contribution < 1.29 is 9.47 Å². The van der Waals surface area contributed by atoms with E-state index >= 15 is 0 Å². The first-order chi connectivity index (χ1) is 9.29. The number of nitrogens with one attached hydrogen (secondary N) is 1. The molecule has 1 atom stereocenters. The van der Waals surface area contributed by atoms with Crippen molar-refractivity contribution in [1.82, 2.24) is 10.2 Å². The van der Waals surface area contributed by atoms with E-state index in [4.69, 9.17) is 9.47 Å². The van der Waals surface area contributed by atoms with Crippen molar-refractivity contribution in [3.05, 3.63) is 35.4 Å². The summed E-state index contributed by atoms with van der Waals surface area (Å²) in [6, 6.07) is 8.45. The molecule has 1 aliphatic heterocycles. The highest BCUT2D eigenvalue weighted by atomic mass is 16.5. The van der Waals surface area contributed by atoms with Gasteiger partial charge in [0.1, 0.15) is 0 Å². The number of rotatable bonds is 6. The number of likely N-dealkylation sites (N-methyl/N-ethyl adjacent to an activating group) is 1. The fraction of sp³-hybridized carbons (Fsp3) is 0.600. The van der Waals surface area contributed by atoms with Crippen molar-refractivity contribution in [3.8, 4) is 0 Å². The van der Waals surface area contributed by atoms with Crippen molar-refractivity contribution in [3.63, 3.8) is 0 Å². The number of nitrogens with zero attached hydrogens (tertiary/aromatic N) is 1. The van der Waals surface area contributed by atoms with Crippen LogP contribution in [-0.2, 0) is 22.6 Å². The lowest BCUT2D eigenvalue weighted by Crippen LogP contribution is -2.44. The molecule has 106 valence electrons. The number of methoxy groups -OCH3 is 1. The van der Waals surface area contributed by atoms with Gasteiger partial charge in [-0.2, -0.15) is 0 Å². The molecule has 0 aromatic heterocycles. The zero-order chi connectivity index (χ0) is 13.5. The minimum Gasteiger partial charge on any atom is -0.380 e. The maximum atomic E-state index is 5.74. The van der Waals surface area contributed by atoms with Crippen molar-refractivity contribution in [2.75, 3.05) is 40.4 Å². The minimum absolute atomic E-state index is 0.299. The smallest absolute Gasteiger partial charge is 0.0826 e.